The first-order chi connectivity index (χ1) is 13.9. The van der Waals surface area contributed by atoms with Crippen molar-refractivity contribution in [1.82, 2.24) is 19.5 Å². The summed E-state index contributed by atoms with van der Waals surface area (Å²) in [6.45, 7) is 4.27. The van der Waals surface area contributed by atoms with Gasteiger partial charge < -0.3 is 30.8 Å². The summed E-state index contributed by atoms with van der Waals surface area (Å²) in [6.07, 6.45) is 4.08. The Morgan fingerprint density at radius 2 is 2.07 bits per heavy atom. The van der Waals surface area contributed by atoms with Crippen molar-refractivity contribution < 1.29 is 9.84 Å². The number of nitrogen functional groups attached to an aromatic ring is 1. The fourth-order valence-electron chi connectivity index (χ4n) is 3.13. The molecule has 1 saturated carbocycles. The Bertz CT molecular complexity index is 1020. The minimum Gasteiger partial charge on any atom is -0.495 e. The number of nitrogens with two attached hydrogens (primary N) is 1. The summed E-state index contributed by atoms with van der Waals surface area (Å²) >= 11 is 0. The molecule has 0 amide bonds. The van der Waals surface area contributed by atoms with Gasteiger partial charge in [-0.25, -0.2) is 4.98 Å². The van der Waals surface area contributed by atoms with Crippen LogP contribution in [0.25, 0.3) is 11.2 Å². The van der Waals surface area contributed by atoms with Crippen molar-refractivity contribution in [1.29, 1.82) is 0 Å². The van der Waals surface area contributed by atoms with Crippen LogP contribution in [0, 0.1) is 0 Å². The van der Waals surface area contributed by atoms with Crippen molar-refractivity contribution in [2.45, 2.75) is 44.9 Å². The quantitative estimate of drug-likeness (QED) is 0.428. The number of aliphatic hydroxyl groups is 1. The summed E-state index contributed by atoms with van der Waals surface area (Å²) in [6, 6.07) is 6.12. The van der Waals surface area contributed by atoms with E-state index in [9.17, 15) is 5.11 Å². The maximum absolute atomic E-state index is 10.0. The maximum atomic E-state index is 10.0. The van der Waals surface area contributed by atoms with Crippen molar-refractivity contribution in [2.24, 2.45) is 0 Å². The van der Waals surface area contributed by atoms with E-state index < -0.39 is 5.60 Å². The minimum atomic E-state index is -0.877. The van der Waals surface area contributed by atoms with Crippen LogP contribution < -0.4 is 21.1 Å². The maximum Gasteiger partial charge on any atom is 0.226 e. The van der Waals surface area contributed by atoms with E-state index in [0.717, 1.165) is 24.1 Å². The highest BCUT2D eigenvalue weighted by Gasteiger charge is 2.27. The molecule has 9 heteroatoms. The van der Waals surface area contributed by atoms with E-state index in [4.69, 9.17) is 10.5 Å². The Kier molecular flexibility index (Phi) is 4.91. The third-order valence-electron chi connectivity index (χ3n) is 4.86. The van der Waals surface area contributed by atoms with Crippen molar-refractivity contribution in [3.63, 3.8) is 0 Å². The number of nitrogens with zero attached hydrogens (tertiary/aromatic N) is 4. The van der Waals surface area contributed by atoms with Gasteiger partial charge >= 0.3 is 0 Å². The topological polar surface area (TPSA) is 123 Å². The first kappa shape index (κ1) is 19.3. The van der Waals surface area contributed by atoms with Crippen molar-refractivity contribution in [3.8, 4) is 5.75 Å². The lowest BCUT2D eigenvalue weighted by atomic mass is 10.1. The molecule has 1 aliphatic carbocycles. The van der Waals surface area contributed by atoms with E-state index in [1.807, 2.05) is 24.5 Å². The lowest BCUT2D eigenvalue weighted by Gasteiger charge is -2.18. The molecule has 1 fully saturated rings. The van der Waals surface area contributed by atoms with Crippen LogP contribution in [0.2, 0.25) is 0 Å². The zero-order valence-electron chi connectivity index (χ0n) is 16.9. The van der Waals surface area contributed by atoms with Crippen molar-refractivity contribution in [2.75, 3.05) is 30.0 Å². The van der Waals surface area contributed by atoms with Crippen LogP contribution in [0.1, 0.15) is 38.3 Å². The molecule has 1 aliphatic rings. The molecule has 29 heavy (non-hydrogen) atoms. The zero-order chi connectivity index (χ0) is 20.6. The van der Waals surface area contributed by atoms with Crippen LogP contribution >= 0.6 is 0 Å². The number of nitrogens with one attached hydrogen (secondary N) is 2. The standard InChI is InChI=1S/C20H27N7O2/c1-20(2,28)10-23-19-25-17(16-18(26-19)27(11-24-16)13-7-8-13)22-9-12-5-4-6-14(29-3)15(12)21/h4-6,11,13,28H,7-10,21H2,1-3H3,(H2,22,23,25,26). The number of rotatable bonds is 8. The van der Waals surface area contributed by atoms with Crippen molar-refractivity contribution in [3.05, 3.63) is 30.1 Å². The monoisotopic (exact) mass is 397 g/mol. The highest BCUT2D eigenvalue weighted by atomic mass is 16.5. The number of fused-ring (bicyclic) bond motifs is 1. The van der Waals surface area contributed by atoms with E-state index in [0.29, 0.717) is 47.9 Å². The van der Waals surface area contributed by atoms with Gasteiger partial charge in [0.2, 0.25) is 5.95 Å². The predicted molar refractivity (Wildman–Crippen MR) is 113 cm³/mol. The fraction of sp³-hybridized carbons (Fsp3) is 0.450. The minimum absolute atomic E-state index is 0.332. The molecule has 0 unspecified atom stereocenters. The van der Waals surface area contributed by atoms with Gasteiger partial charge in [-0.15, -0.1) is 0 Å². The van der Waals surface area contributed by atoms with Crippen LogP contribution in [-0.4, -0.2) is 43.9 Å². The number of para-hydroxylation sites is 1. The van der Waals surface area contributed by atoms with Crippen LogP contribution in [-0.2, 0) is 6.54 Å². The number of benzene rings is 1. The number of hydrogen-bond donors (Lipinski definition) is 4. The second-order valence-corrected chi connectivity index (χ2v) is 8.00. The van der Waals surface area contributed by atoms with E-state index in [1.54, 1.807) is 21.0 Å². The van der Waals surface area contributed by atoms with E-state index in [2.05, 4.69) is 30.2 Å². The highest BCUT2D eigenvalue weighted by molar-refractivity contribution is 5.84. The number of imidazole rings is 1. The Morgan fingerprint density at radius 3 is 2.76 bits per heavy atom. The van der Waals surface area contributed by atoms with Gasteiger partial charge in [0, 0.05) is 19.1 Å². The molecule has 0 saturated heterocycles. The summed E-state index contributed by atoms with van der Waals surface area (Å²) in [5.74, 6) is 1.71. The van der Waals surface area contributed by atoms with Crippen LogP contribution in [0.4, 0.5) is 17.5 Å². The molecular weight excluding hydrogens is 370 g/mol. The molecule has 0 atom stereocenters. The van der Waals surface area contributed by atoms with E-state index in [-0.39, 0.29) is 0 Å². The lowest BCUT2D eigenvalue weighted by Crippen LogP contribution is -2.30. The van der Waals surface area contributed by atoms with Gasteiger partial charge in [-0.2, -0.15) is 9.97 Å². The van der Waals surface area contributed by atoms with Gasteiger partial charge in [0.05, 0.1) is 24.7 Å². The second-order valence-electron chi connectivity index (χ2n) is 8.00. The predicted octanol–water partition coefficient (Wildman–Crippen LogP) is 2.55. The first-order valence-corrected chi connectivity index (χ1v) is 9.72. The lowest BCUT2D eigenvalue weighted by molar-refractivity contribution is 0.0943. The molecule has 4 rings (SSSR count). The van der Waals surface area contributed by atoms with Gasteiger partial charge in [0.1, 0.15) is 5.75 Å². The number of anilines is 3. The normalized spacial score (nSPS) is 14.2. The Labute approximate surface area is 169 Å². The largest absolute Gasteiger partial charge is 0.495 e. The zero-order valence-corrected chi connectivity index (χ0v) is 16.9. The number of ether oxygens (including phenoxy) is 1. The Balaban J connectivity index is 1.65. The molecule has 0 spiro atoms. The van der Waals surface area contributed by atoms with Gasteiger partial charge in [-0.05, 0) is 38.3 Å². The molecule has 0 radical (unpaired) electrons. The summed E-state index contributed by atoms with van der Waals surface area (Å²) in [5.41, 5.74) is 8.31. The molecular formula is C20H27N7O2. The van der Waals surface area contributed by atoms with Gasteiger partial charge in [0.25, 0.3) is 0 Å². The molecule has 9 nitrogen and oxygen atoms in total. The van der Waals surface area contributed by atoms with Gasteiger partial charge in [-0.3, -0.25) is 0 Å². The molecule has 5 N–H and O–H groups in total. The number of hydrogen-bond acceptors (Lipinski definition) is 8. The van der Waals surface area contributed by atoms with E-state index >= 15 is 0 Å². The summed E-state index contributed by atoms with van der Waals surface area (Å²) in [7, 11) is 1.60. The van der Waals surface area contributed by atoms with Gasteiger partial charge in [-0.1, -0.05) is 12.1 Å². The highest BCUT2D eigenvalue weighted by Crippen LogP contribution is 2.37. The number of methoxy groups -OCH3 is 1. The first-order valence-electron chi connectivity index (χ1n) is 9.72. The molecule has 0 bridgehead atoms. The summed E-state index contributed by atoms with van der Waals surface area (Å²) < 4.78 is 7.39. The average Bonchev–Trinajstić information content (AvgIpc) is 3.44. The second kappa shape index (κ2) is 7.40. The smallest absolute Gasteiger partial charge is 0.226 e. The summed E-state index contributed by atoms with van der Waals surface area (Å²) in [4.78, 5) is 13.8. The van der Waals surface area contributed by atoms with E-state index in [1.165, 1.54) is 0 Å². The third kappa shape index (κ3) is 4.19. The van der Waals surface area contributed by atoms with Gasteiger partial charge in [0.15, 0.2) is 17.0 Å². The number of aromatic nitrogens is 4. The molecule has 2 heterocycles. The van der Waals surface area contributed by atoms with Crippen LogP contribution in [0.3, 0.4) is 0 Å². The van der Waals surface area contributed by atoms with Crippen molar-refractivity contribution >= 4 is 28.6 Å². The SMILES string of the molecule is COc1cccc(CNc2nc(NCC(C)(C)O)nc3c2ncn3C2CC2)c1N. The third-order valence-corrected chi connectivity index (χ3v) is 4.86. The molecule has 3 aromatic rings. The molecule has 0 aliphatic heterocycles. The Hall–Kier alpha value is -3.07. The fourth-order valence-corrected chi connectivity index (χ4v) is 3.13. The van der Waals surface area contributed by atoms with Crippen LogP contribution in [0.15, 0.2) is 24.5 Å². The molecule has 2 aromatic heterocycles. The molecule has 1 aromatic carbocycles. The summed E-state index contributed by atoms with van der Waals surface area (Å²) in [5, 5.41) is 16.5. The average molecular weight is 397 g/mol. The Morgan fingerprint density at radius 1 is 1.28 bits per heavy atom. The van der Waals surface area contributed by atoms with Crippen LogP contribution in [0.5, 0.6) is 5.75 Å². The molecule has 154 valence electrons.